The van der Waals surface area contributed by atoms with Crippen LogP contribution in [0.3, 0.4) is 0 Å². The number of hydrogen-bond acceptors (Lipinski definition) is 12. The van der Waals surface area contributed by atoms with Crippen LogP contribution in [0.15, 0.2) is 9.98 Å². The SMILES string of the molecule is NC1=NC2C(CSC2CCCCC(=O)NCCCCCC(=O)NCCNC(=O)CCCCCNC(=O)CCCCC2SCC3NC(N)=NC32)N1. The lowest BCUT2D eigenvalue weighted by atomic mass is 10.0. The quantitative estimate of drug-likeness (QED) is 0.0628. The second kappa shape index (κ2) is 22.1. The van der Waals surface area contributed by atoms with E-state index in [9.17, 15) is 19.2 Å². The van der Waals surface area contributed by atoms with Crippen molar-refractivity contribution < 1.29 is 19.2 Å². The molecule has 2 saturated heterocycles. The number of unbranched alkanes of at least 4 members (excludes halogenated alkanes) is 6. The molecule has 6 unspecified atom stereocenters. The van der Waals surface area contributed by atoms with Crippen LogP contribution in [-0.2, 0) is 19.2 Å². The Balaban J connectivity index is 0.849. The molecule has 0 aromatic heterocycles. The number of carbonyl (C=O) groups excluding carboxylic acids is 4. The minimum Gasteiger partial charge on any atom is -0.370 e. The van der Waals surface area contributed by atoms with Gasteiger partial charge in [-0.05, 0) is 51.4 Å². The number of thioether (sulfide) groups is 2. The molecule has 50 heavy (non-hydrogen) atoms. The van der Waals surface area contributed by atoms with Gasteiger partial charge < -0.3 is 43.4 Å². The fraction of sp³-hybridized carbons (Fsp3) is 0.824. The molecule has 14 nitrogen and oxygen atoms in total. The molecule has 0 aliphatic carbocycles. The van der Waals surface area contributed by atoms with Crippen LogP contribution in [0.1, 0.15) is 103 Å². The molecule has 0 aromatic rings. The van der Waals surface area contributed by atoms with Crippen LogP contribution in [0.2, 0.25) is 0 Å². The molecule has 4 rings (SSSR count). The van der Waals surface area contributed by atoms with Gasteiger partial charge in [-0.2, -0.15) is 23.5 Å². The zero-order valence-corrected chi connectivity index (χ0v) is 31.2. The first-order valence-corrected chi connectivity index (χ1v) is 20.9. The highest BCUT2D eigenvalue weighted by atomic mass is 32.2. The van der Waals surface area contributed by atoms with Crippen molar-refractivity contribution in [3.05, 3.63) is 0 Å². The molecule has 4 aliphatic rings. The zero-order valence-electron chi connectivity index (χ0n) is 29.5. The molecule has 4 heterocycles. The van der Waals surface area contributed by atoms with Gasteiger partial charge in [0.2, 0.25) is 23.6 Å². The number of nitrogens with one attached hydrogen (secondary N) is 6. The van der Waals surface area contributed by atoms with Crippen molar-refractivity contribution in [2.75, 3.05) is 37.7 Å². The van der Waals surface area contributed by atoms with E-state index in [-0.39, 0.29) is 35.7 Å². The normalized spacial score (nSPS) is 24.7. The van der Waals surface area contributed by atoms with E-state index in [4.69, 9.17) is 11.5 Å². The summed E-state index contributed by atoms with van der Waals surface area (Å²) in [5.74, 6) is 3.35. The first-order chi connectivity index (χ1) is 24.3. The molecule has 0 bridgehead atoms. The molecule has 16 heteroatoms. The van der Waals surface area contributed by atoms with Crippen molar-refractivity contribution >= 4 is 59.1 Å². The Kier molecular flexibility index (Phi) is 17.7. The van der Waals surface area contributed by atoms with Crippen molar-refractivity contribution in [1.82, 2.24) is 31.9 Å². The van der Waals surface area contributed by atoms with E-state index in [2.05, 4.69) is 41.9 Å². The molecule has 0 aromatic carbocycles. The summed E-state index contributed by atoms with van der Waals surface area (Å²) in [5.41, 5.74) is 11.6. The van der Waals surface area contributed by atoms with Crippen LogP contribution < -0.4 is 43.4 Å². The maximum Gasteiger partial charge on any atom is 0.220 e. The Bertz CT molecular complexity index is 1090. The number of carbonyl (C=O) groups is 4. The first-order valence-electron chi connectivity index (χ1n) is 18.8. The number of fused-ring (bicyclic) bond motifs is 2. The van der Waals surface area contributed by atoms with Crippen molar-refractivity contribution in [3.8, 4) is 0 Å². The molecular weight excluding hydrogens is 677 g/mol. The maximum atomic E-state index is 12.1. The lowest BCUT2D eigenvalue weighted by Gasteiger charge is -2.14. The van der Waals surface area contributed by atoms with Gasteiger partial charge in [-0.3, -0.25) is 19.2 Å². The molecule has 4 aliphatic heterocycles. The van der Waals surface area contributed by atoms with E-state index in [1.165, 1.54) is 0 Å². The summed E-state index contributed by atoms with van der Waals surface area (Å²) in [6.45, 7) is 2.09. The molecule has 0 spiro atoms. The average Bonchev–Trinajstić information content (AvgIpc) is 3.85. The van der Waals surface area contributed by atoms with E-state index in [1.54, 1.807) is 0 Å². The van der Waals surface area contributed by atoms with Crippen LogP contribution in [0.5, 0.6) is 0 Å². The first kappa shape index (κ1) is 39.9. The minimum atomic E-state index is -0.0215. The van der Waals surface area contributed by atoms with Gasteiger partial charge in [0.15, 0.2) is 11.9 Å². The number of nitrogens with two attached hydrogens (primary N) is 2. The van der Waals surface area contributed by atoms with Gasteiger partial charge in [0.1, 0.15) is 0 Å². The zero-order chi connectivity index (χ0) is 35.6. The lowest BCUT2D eigenvalue weighted by Crippen LogP contribution is -2.38. The fourth-order valence-corrected chi connectivity index (χ4v) is 9.93. The standard InChI is InChI=1S/C34H60N10O4S2/c35-33-41-23-21-49-25(31(23)43-33)11-5-7-15-27(45)37-17-9-1-3-13-29(47)39-19-20-40-30(48)14-4-2-10-18-38-28(46)16-8-6-12-26-32-24(22-50-26)42-34(36)44-32/h23-26,31-32H,1-22H2,(H,37,45)(H,38,46)(H,39,47)(H,40,48)(H3,35,41,43)(H3,36,42,44). The minimum absolute atomic E-state index is 0.0215. The third-order valence-electron chi connectivity index (χ3n) is 9.67. The molecule has 6 atom stereocenters. The Hall–Kier alpha value is -2.88. The second-order valence-electron chi connectivity index (χ2n) is 13.8. The van der Waals surface area contributed by atoms with Crippen molar-refractivity contribution in [1.29, 1.82) is 0 Å². The Labute approximate surface area is 305 Å². The van der Waals surface area contributed by atoms with Gasteiger partial charge in [-0.1, -0.05) is 25.7 Å². The molecule has 282 valence electrons. The summed E-state index contributed by atoms with van der Waals surface area (Å²) in [6.07, 6.45) is 12.8. The highest BCUT2D eigenvalue weighted by molar-refractivity contribution is 8.00. The summed E-state index contributed by atoms with van der Waals surface area (Å²) in [7, 11) is 0. The molecular formula is C34H60N10O4S2. The number of rotatable bonds is 25. The molecule has 0 radical (unpaired) electrons. The molecule has 10 N–H and O–H groups in total. The van der Waals surface area contributed by atoms with Crippen molar-refractivity contribution in [2.24, 2.45) is 21.5 Å². The summed E-state index contributed by atoms with van der Waals surface area (Å²) < 4.78 is 0. The lowest BCUT2D eigenvalue weighted by molar-refractivity contribution is -0.123. The largest absolute Gasteiger partial charge is 0.370 e. The van der Waals surface area contributed by atoms with Crippen LogP contribution in [0.4, 0.5) is 0 Å². The van der Waals surface area contributed by atoms with Gasteiger partial charge in [0.25, 0.3) is 0 Å². The Morgan fingerprint density at radius 1 is 0.540 bits per heavy atom. The number of hydrogen-bond donors (Lipinski definition) is 8. The molecule has 4 amide bonds. The third kappa shape index (κ3) is 14.4. The van der Waals surface area contributed by atoms with E-state index >= 15 is 0 Å². The molecule has 2 fully saturated rings. The third-order valence-corrected chi connectivity index (χ3v) is 12.7. The van der Waals surface area contributed by atoms with E-state index in [0.29, 0.717) is 86.4 Å². The van der Waals surface area contributed by atoms with E-state index in [1.807, 2.05) is 23.5 Å². The Morgan fingerprint density at radius 2 is 0.900 bits per heavy atom. The van der Waals surface area contributed by atoms with Gasteiger partial charge in [0, 0.05) is 73.9 Å². The van der Waals surface area contributed by atoms with E-state index in [0.717, 1.165) is 88.6 Å². The summed E-state index contributed by atoms with van der Waals surface area (Å²) in [6, 6.07) is 1.30. The van der Waals surface area contributed by atoms with Gasteiger partial charge in [-0.25, -0.2) is 9.98 Å². The average molecular weight is 737 g/mol. The summed E-state index contributed by atoms with van der Waals surface area (Å²) in [5, 5.41) is 19.1. The van der Waals surface area contributed by atoms with Crippen molar-refractivity contribution in [2.45, 2.75) is 137 Å². The van der Waals surface area contributed by atoms with Crippen LogP contribution in [0, 0.1) is 0 Å². The predicted octanol–water partition coefficient (Wildman–Crippen LogP) is 1.23. The number of amides is 4. The predicted molar refractivity (Wildman–Crippen MR) is 203 cm³/mol. The topological polar surface area (TPSA) is 217 Å². The number of aliphatic imine (C=N–C) groups is 2. The fourth-order valence-electron chi connectivity index (χ4n) is 6.90. The molecule has 0 saturated carbocycles. The number of nitrogens with zero attached hydrogens (tertiary/aromatic N) is 2. The maximum absolute atomic E-state index is 12.1. The monoisotopic (exact) mass is 736 g/mol. The van der Waals surface area contributed by atoms with Gasteiger partial charge >= 0.3 is 0 Å². The summed E-state index contributed by atoms with van der Waals surface area (Å²) in [4.78, 5) is 57.5. The van der Waals surface area contributed by atoms with Crippen LogP contribution >= 0.6 is 23.5 Å². The van der Waals surface area contributed by atoms with Gasteiger partial charge in [0.05, 0.1) is 24.2 Å². The highest BCUT2D eigenvalue weighted by Crippen LogP contribution is 2.36. The smallest absolute Gasteiger partial charge is 0.220 e. The Morgan fingerprint density at radius 3 is 1.30 bits per heavy atom. The summed E-state index contributed by atoms with van der Waals surface area (Å²) >= 11 is 3.90. The van der Waals surface area contributed by atoms with Crippen LogP contribution in [0.25, 0.3) is 0 Å². The highest BCUT2D eigenvalue weighted by Gasteiger charge is 2.41. The van der Waals surface area contributed by atoms with Crippen molar-refractivity contribution in [3.63, 3.8) is 0 Å². The second-order valence-corrected chi connectivity index (χ2v) is 16.3. The van der Waals surface area contributed by atoms with Gasteiger partial charge in [-0.15, -0.1) is 0 Å². The van der Waals surface area contributed by atoms with Crippen LogP contribution in [-0.4, -0.2) is 108 Å². The number of guanidine groups is 2. The van der Waals surface area contributed by atoms with E-state index < -0.39 is 0 Å².